The van der Waals surface area contributed by atoms with Crippen LogP contribution in [0.2, 0.25) is 0 Å². The molecule has 0 aliphatic rings. The van der Waals surface area contributed by atoms with Gasteiger partial charge in [-0.25, -0.2) is 0 Å². The smallest absolute Gasteiger partial charge is 0.160 e. The number of methoxy groups -OCH3 is 1. The van der Waals surface area contributed by atoms with E-state index in [9.17, 15) is 5.11 Å². The fourth-order valence-electron chi connectivity index (χ4n) is 3.12. The topological polar surface area (TPSA) is 32.7 Å². The first-order valence-electron chi connectivity index (χ1n) is 9.34. The van der Waals surface area contributed by atoms with Gasteiger partial charge in [-0.15, -0.1) is 0 Å². The maximum Gasteiger partial charge on any atom is 0.160 e. The van der Waals surface area contributed by atoms with Crippen molar-refractivity contribution in [3.8, 4) is 22.6 Å². The van der Waals surface area contributed by atoms with Crippen LogP contribution < -0.4 is 4.74 Å². The van der Waals surface area contributed by atoms with E-state index >= 15 is 0 Å². The lowest BCUT2D eigenvalue weighted by atomic mass is 10.0. The van der Waals surface area contributed by atoms with Crippen molar-refractivity contribution in [2.45, 2.75) is 12.8 Å². The van der Waals surface area contributed by atoms with Crippen LogP contribution in [0.15, 0.2) is 72.8 Å². The fourth-order valence-corrected chi connectivity index (χ4v) is 3.12. The third kappa shape index (κ3) is 5.35. The van der Waals surface area contributed by atoms with E-state index in [1.54, 1.807) is 13.2 Å². The number of aromatic hydroxyl groups is 1. The largest absolute Gasteiger partial charge is 0.504 e. The summed E-state index contributed by atoms with van der Waals surface area (Å²) >= 11 is 0. The molecule has 0 heterocycles. The van der Waals surface area contributed by atoms with Gasteiger partial charge in [0.2, 0.25) is 0 Å². The number of rotatable bonds is 8. The van der Waals surface area contributed by atoms with Crippen molar-refractivity contribution in [2.75, 3.05) is 27.2 Å². The van der Waals surface area contributed by atoms with Crippen LogP contribution in [0.5, 0.6) is 11.5 Å². The van der Waals surface area contributed by atoms with Crippen molar-refractivity contribution < 1.29 is 9.84 Å². The van der Waals surface area contributed by atoms with Gasteiger partial charge in [0.25, 0.3) is 0 Å². The minimum Gasteiger partial charge on any atom is -0.504 e. The Hall–Kier alpha value is -2.78. The molecule has 1 N–H and O–H groups in total. The Balaban J connectivity index is 1.48. The highest BCUT2D eigenvalue weighted by Gasteiger charge is 2.05. The zero-order valence-corrected chi connectivity index (χ0v) is 16.1. The summed E-state index contributed by atoms with van der Waals surface area (Å²) in [6.07, 6.45) is 1.96. The molecule has 0 radical (unpaired) electrons. The minimum atomic E-state index is 0.188. The van der Waals surface area contributed by atoms with Crippen molar-refractivity contribution >= 4 is 0 Å². The molecule has 3 aromatic rings. The first-order chi connectivity index (χ1) is 13.2. The highest BCUT2D eigenvalue weighted by atomic mass is 16.5. The number of phenols is 1. The average Bonchev–Trinajstić information content (AvgIpc) is 2.72. The molecule has 0 aromatic heterocycles. The van der Waals surface area contributed by atoms with E-state index in [2.05, 4.69) is 60.5 Å². The van der Waals surface area contributed by atoms with Gasteiger partial charge in [0.05, 0.1) is 7.11 Å². The van der Waals surface area contributed by atoms with Gasteiger partial charge in [-0.2, -0.15) is 0 Å². The van der Waals surface area contributed by atoms with Crippen LogP contribution in [0.1, 0.15) is 11.1 Å². The number of hydrogen-bond donors (Lipinski definition) is 1. The number of hydrogen-bond acceptors (Lipinski definition) is 3. The summed E-state index contributed by atoms with van der Waals surface area (Å²) in [5.74, 6) is 0.724. The van der Waals surface area contributed by atoms with Gasteiger partial charge in [0.15, 0.2) is 11.5 Å². The number of phenolic OH excluding ortho intramolecular Hbond substituents is 1. The van der Waals surface area contributed by atoms with Gasteiger partial charge in [-0.05, 0) is 54.3 Å². The molecule has 0 saturated heterocycles. The molecule has 3 heteroatoms. The molecule has 0 aliphatic heterocycles. The molecule has 0 bridgehead atoms. The van der Waals surface area contributed by atoms with E-state index in [-0.39, 0.29) is 5.75 Å². The molecule has 27 heavy (non-hydrogen) atoms. The Morgan fingerprint density at radius 2 is 1.37 bits per heavy atom. The van der Waals surface area contributed by atoms with Crippen molar-refractivity contribution in [1.29, 1.82) is 0 Å². The van der Waals surface area contributed by atoms with Crippen LogP contribution in [0.25, 0.3) is 11.1 Å². The SMILES string of the molecule is COc1cc(CCN(C)CCc2ccc(-c3ccccc3)cc2)ccc1O. The van der Waals surface area contributed by atoms with E-state index < -0.39 is 0 Å². The first-order valence-corrected chi connectivity index (χ1v) is 9.34. The second kappa shape index (κ2) is 9.24. The predicted octanol–water partition coefficient (Wildman–Crippen LogP) is 4.78. The second-order valence-corrected chi connectivity index (χ2v) is 6.87. The van der Waals surface area contributed by atoms with Crippen molar-refractivity contribution in [1.82, 2.24) is 4.90 Å². The fraction of sp³-hybridized carbons (Fsp3) is 0.250. The Morgan fingerprint density at radius 3 is 2.04 bits per heavy atom. The summed E-state index contributed by atoms with van der Waals surface area (Å²) < 4.78 is 5.18. The van der Waals surface area contributed by atoms with Crippen LogP contribution in [0, 0.1) is 0 Å². The summed E-state index contributed by atoms with van der Waals surface area (Å²) in [4.78, 5) is 2.34. The minimum absolute atomic E-state index is 0.188. The van der Waals surface area contributed by atoms with Gasteiger partial charge in [0, 0.05) is 13.1 Å². The van der Waals surface area contributed by atoms with Gasteiger partial charge < -0.3 is 14.7 Å². The number of benzene rings is 3. The van der Waals surface area contributed by atoms with Crippen molar-refractivity contribution in [3.63, 3.8) is 0 Å². The number of ether oxygens (including phenoxy) is 1. The first kappa shape index (κ1) is 19.0. The van der Waals surface area contributed by atoms with E-state index in [1.165, 1.54) is 22.3 Å². The van der Waals surface area contributed by atoms with Crippen molar-refractivity contribution in [2.24, 2.45) is 0 Å². The molecule has 0 fully saturated rings. The van der Waals surface area contributed by atoms with E-state index in [1.807, 2.05) is 18.2 Å². The predicted molar refractivity (Wildman–Crippen MR) is 111 cm³/mol. The molecule has 3 rings (SSSR count). The maximum atomic E-state index is 9.68. The summed E-state index contributed by atoms with van der Waals surface area (Å²) in [5.41, 5.74) is 5.04. The molecular formula is C24H27NO2. The molecule has 3 nitrogen and oxygen atoms in total. The van der Waals surface area contributed by atoms with E-state index in [0.717, 1.165) is 25.9 Å². The lowest BCUT2D eigenvalue weighted by Gasteiger charge is -2.17. The molecule has 0 aliphatic carbocycles. The standard InChI is InChI=1S/C24H27NO2/c1-25(17-15-20-10-13-23(26)24(18-20)27-2)16-14-19-8-11-22(12-9-19)21-6-4-3-5-7-21/h3-13,18,26H,14-17H2,1-2H3. The summed E-state index contributed by atoms with van der Waals surface area (Å²) in [6, 6.07) is 24.9. The highest BCUT2D eigenvalue weighted by molar-refractivity contribution is 5.63. The number of nitrogens with zero attached hydrogens (tertiary/aromatic N) is 1. The highest BCUT2D eigenvalue weighted by Crippen LogP contribution is 2.26. The van der Waals surface area contributed by atoms with Gasteiger partial charge >= 0.3 is 0 Å². The van der Waals surface area contributed by atoms with Crippen LogP contribution in [-0.2, 0) is 12.8 Å². The zero-order chi connectivity index (χ0) is 19.1. The third-order valence-corrected chi connectivity index (χ3v) is 4.87. The van der Waals surface area contributed by atoms with Gasteiger partial charge in [-0.3, -0.25) is 0 Å². The Morgan fingerprint density at radius 1 is 0.778 bits per heavy atom. The zero-order valence-electron chi connectivity index (χ0n) is 16.1. The molecule has 140 valence electrons. The van der Waals surface area contributed by atoms with E-state index in [4.69, 9.17) is 4.74 Å². The molecule has 3 aromatic carbocycles. The summed E-state index contributed by atoms with van der Waals surface area (Å²) in [5, 5.41) is 9.68. The Kier molecular flexibility index (Phi) is 6.50. The molecule has 0 spiro atoms. The van der Waals surface area contributed by atoms with Crippen LogP contribution in [-0.4, -0.2) is 37.3 Å². The third-order valence-electron chi connectivity index (χ3n) is 4.87. The molecule has 0 atom stereocenters. The maximum absolute atomic E-state index is 9.68. The molecule has 0 saturated carbocycles. The normalized spacial score (nSPS) is 10.9. The number of likely N-dealkylation sites (N-methyl/N-ethyl adjacent to an activating group) is 1. The molecule has 0 amide bonds. The lowest BCUT2D eigenvalue weighted by Crippen LogP contribution is -2.23. The monoisotopic (exact) mass is 361 g/mol. The quantitative estimate of drug-likeness (QED) is 0.626. The molecular weight excluding hydrogens is 334 g/mol. The Bertz CT molecular complexity index is 844. The average molecular weight is 361 g/mol. The van der Waals surface area contributed by atoms with Crippen LogP contribution >= 0.6 is 0 Å². The van der Waals surface area contributed by atoms with Gasteiger partial charge in [-0.1, -0.05) is 60.7 Å². The lowest BCUT2D eigenvalue weighted by molar-refractivity contribution is 0.342. The molecule has 0 unspecified atom stereocenters. The summed E-state index contributed by atoms with van der Waals surface area (Å²) in [6.45, 7) is 1.98. The van der Waals surface area contributed by atoms with E-state index in [0.29, 0.717) is 5.75 Å². The summed E-state index contributed by atoms with van der Waals surface area (Å²) in [7, 11) is 3.73. The van der Waals surface area contributed by atoms with Gasteiger partial charge in [0.1, 0.15) is 0 Å². The second-order valence-electron chi connectivity index (χ2n) is 6.87. The Labute approximate surface area is 161 Å². The van der Waals surface area contributed by atoms with Crippen LogP contribution in [0.3, 0.4) is 0 Å². The van der Waals surface area contributed by atoms with Crippen LogP contribution in [0.4, 0.5) is 0 Å². The van der Waals surface area contributed by atoms with Crippen molar-refractivity contribution in [3.05, 3.63) is 83.9 Å².